The van der Waals surface area contributed by atoms with Gasteiger partial charge in [-0.25, -0.2) is 0 Å². The van der Waals surface area contributed by atoms with Crippen molar-refractivity contribution in [2.45, 2.75) is 19.3 Å². The van der Waals surface area contributed by atoms with Crippen LogP contribution in [0.2, 0.25) is 0 Å². The molecule has 1 heteroatoms. The van der Waals surface area contributed by atoms with Crippen LogP contribution >= 0.6 is 0 Å². The van der Waals surface area contributed by atoms with Crippen LogP contribution in [0.15, 0.2) is 200 Å². The highest BCUT2D eigenvalue weighted by Crippen LogP contribution is 2.51. The van der Waals surface area contributed by atoms with E-state index in [0.717, 1.165) is 17.1 Å². The number of rotatable bonds is 7. The van der Waals surface area contributed by atoms with E-state index in [1.165, 1.54) is 66.8 Å². The van der Waals surface area contributed by atoms with E-state index in [1.807, 2.05) is 0 Å². The number of hydrogen-bond donors (Lipinski definition) is 0. The Labute approximate surface area is 307 Å². The van der Waals surface area contributed by atoms with Crippen molar-refractivity contribution in [3.05, 3.63) is 211 Å². The van der Waals surface area contributed by atoms with Crippen LogP contribution in [-0.2, 0) is 5.41 Å². The van der Waals surface area contributed by atoms with Crippen molar-refractivity contribution < 1.29 is 0 Å². The standard InChI is InChI=1S/C51H39N/c1-51(2)49-34-43(42-20-18-39(19-21-42)36-12-6-3-7-13-36)26-32-47(49)48-33-31-46(35-50(48)51)52(44-27-22-40(23-28-44)37-14-8-4-9-15-37)45-29-24-41(25-30-45)38-16-10-5-11-17-38/h3-35H,1-2H3. The minimum absolute atomic E-state index is 0.166. The zero-order chi connectivity index (χ0) is 35.1. The Morgan fingerprint density at radius 1 is 0.288 bits per heavy atom. The van der Waals surface area contributed by atoms with E-state index in [-0.39, 0.29) is 5.41 Å². The van der Waals surface area contributed by atoms with Crippen LogP contribution in [0, 0.1) is 0 Å². The van der Waals surface area contributed by atoms with Crippen LogP contribution in [0.3, 0.4) is 0 Å². The van der Waals surface area contributed by atoms with Crippen molar-refractivity contribution in [3.8, 4) is 55.6 Å². The molecule has 8 aromatic carbocycles. The number of anilines is 3. The first kappa shape index (κ1) is 31.5. The van der Waals surface area contributed by atoms with Crippen LogP contribution in [0.4, 0.5) is 17.1 Å². The van der Waals surface area contributed by atoms with E-state index in [0.29, 0.717) is 0 Å². The van der Waals surface area contributed by atoms with Gasteiger partial charge in [0.15, 0.2) is 0 Å². The average molecular weight is 666 g/mol. The molecular weight excluding hydrogens is 627 g/mol. The third-order valence-corrected chi connectivity index (χ3v) is 10.7. The zero-order valence-corrected chi connectivity index (χ0v) is 29.5. The lowest BCUT2D eigenvalue weighted by molar-refractivity contribution is 0.660. The van der Waals surface area contributed by atoms with E-state index in [1.54, 1.807) is 0 Å². The number of fused-ring (bicyclic) bond motifs is 3. The van der Waals surface area contributed by atoms with Gasteiger partial charge in [-0.1, -0.05) is 172 Å². The van der Waals surface area contributed by atoms with Gasteiger partial charge in [-0.3, -0.25) is 0 Å². The molecule has 1 aliphatic carbocycles. The summed E-state index contributed by atoms with van der Waals surface area (Å²) in [5.74, 6) is 0. The lowest BCUT2D eigenvalue weighted by Gasteiger charge is -2.28. The molecule has 0 heterocycles. The Kier molecular flexibility index (Phi) is 7.90. The molecule has 8 aromatic rings. The largest absolute Gasteiger partial charge is 0.310 e. The van der Waals surface area contributed by atoms with Crippen LogP contribution in [0.1, 0.15) is 25.0 Å². The quantitative estimate of drug-likeness (QED) is 0.164. The summed E-state index contributed by atoms with van der Waals surface area (Å²) in [5, 5.41) is 0. The second-order valence-electron chi connectivity index (χ2n) is 14.2. The Balaban J connectivity index is 1.09. The summed E-state index contributed by atoms with van der Waals surface area (Å²) in [6.07, 6.45) is 0. The van der Waals surface area contributed by atoms with E-state index in [4.69, 9.17) is 0 Å². The molecule has 0 saturated carbocycles. The van der Waals surface area contributed by atoms with E-state index >= 15 is 0 Å². The van der Waals surface area contributed by atoms with Crippen LogP contribution in [-0.4, -0.2) is 0 Å². The molecule has 0 atom stereocenters. The summed E-state index contributed by atoms with van der Waals surface area (Å²) in [6, 6.07) is 72.7. The average Bonchev–Trinajstić information content (AvgIpc) is 3.44. The predicted molar refractivity (Wildman–Crippen MR) is 220 cm³/mol. The minimum Gasteiger partial charge on any atom is -0.310 e. The maximum Gasteiger partial charge on any atom is 0.0465 e. The number of hydrogen-bond acceptors (Lipinski definition) is 1. The van der Waals surface area contributed by atoms with Crippen molar-refractivity contribution in [2.75, 3.05) is 4.90 Å². The van der Waals surface area contributed by atoms with E-state index in [2.05, 4.69) is 219 Å². The smallest absolute Gasteiger partial charge is 0.0465 e. The molecule has 1 nitrogen and oxygen atoms in total. The fraction of sp³-hybridized carbons (Fsp3) is 0.0588. The van der Waals surface area contributed by atoms with Crippen LogP contribution in [0.5, 0.6) is 0 Å². The number of benzene rings is 8. The second-order valence-corrected chi connectivity index (χ2v) is 14.2. The van der Waals surface area contributed by atoms with Gasteiger partial charge >= 0.3 is 0 Å². The molecule has 0 aromatic heterocycles. The molecule has 52 heavy (non-hydrogen) atoms. The highest BCUT2D eigenvalue weighted by atomic mass is 15.1. The van der Waals surface area contributed by atoms with Gasteiger partial charge in [0.25, 0.3) is 0 Å². The molecule has 0 amide bonds. The summed E-state index contributed by atoms with van der Waals surface area (Å²) < 4.78 is 0. The number of nitrogens with zero attached hydrogens (tertiary/aromatic N) is 1. The van der Waals surface area contributed by atoms with Gasteiger partial charge in [0.2, 0.25) is 0 Å². The Bertz CT molecular complexity index is 2400. The minimum atomic E-state index is -0.166. The van der Waals surface area contributed by atoms with E-state index < -0.39 is 0 Å². The van der Waals surface area contributed by atoms with Gasteiger partial charge in [0.1, 0.15) is 0 Å². The highest BCUT2D eigenvalue weighted by Gasteiger charge is 2.36. The van der Waals surface area contributed by atoms with Crippen molar-refractivity contribution in [1.82, 2.24) is 0 Å². The lowest BCUT2D eigenvalue weighted by atomic mass is 9.81. The fourth-order valence-corrected chi connectivity index (χ4v) is 7.84. The summed E-state index contributed by atoms with van der Waals surface area (Å²) in [4.78, 5) is 2.39. The van der Waals surface area contributed by atoms with Gasteiger partial charge in [0.05, 0.1) is 0 Å². The first-order valence-corrected chi connectivity index (χ1v) is 18.1. The van der Waals surface area contributed by atoms with Gasteiger partial charge in [-0.05, 0) is 109 Å². The van der Waals surface area contributed by atoms with Gasteiger partial charge in [-0.15, -0.1) is 0 Å². The van der Waals surface area contributed by atoms with Crippen LogP contribution in [0.25, 0.3) is 55.6 Å². The SMILES string of the molecule is CC1(C)c2cc(-c3ccc(-c4ccccc4)cc3)ccc2-c2ccc(N(c3ccc(-c4ccccc4)cc3)c3ccc(-c4ccccc4)cc3)cc21. The molecule has 9 rings (SSSR count). The maximum absolute atomic E-state index is 2.42. The topological polar surface area (TPSA) is 3.24 Å². The van der Waals surface area contributed by atoms with Crippen molar-refractivity contribution in [2.24, 2.45) is 0 Å². The second kappa shape index (κ2) is 13.0. The molecule has 0 N–H and O–H groups in total. The van der Waals surface area contributed by atoms with Gasteiger partial charge in [-0.2, -0.15) is 0 Å². The summed E-state index contributed by atoms with van der Waals surface area (Å²) in [6.45, 7) is 4.74. The molecule has 0 aliphatic heterocycles. The third kappa shape index (κ3) is 5.71. The fourth-order valence-electron chi connectivity index (χ4n) is 7.84. The van der Waals surface area contributed by atoms with Crippen molar-refractivity contribution >= 4 is 17.1 Å². The molecule has 1 aliphatic rings. The molecule has 0 saturated heterocycles. The Morgan fingerprint density at radius 2 is 0.596 bits per heavy atom. The Morgan fingerprint density at radius 3 is 1.04 bits per heavy atom. The third-order valence-electron chi connectivity index (χ3n) is 10.7. The zero-order valence-electron chi connectivity index (χ0n) is 29.5. The summed E-state index contributed by atoms with van der Waals surface area (Å²) in [7, 11) is 0. The molecule has 0 bridgehead atoms. The normalized spacial score (nSPS) is 12.6. The molecule has 248 valence electrons. The molecule has 0 fully saturated rings. The Hall–Kier alpha value is -6.44. The molecular formula is C51H39N. The first-order valence-electron chi connectivity index (χ1n) is 18.1. The highest BCUT2D eigenvalue weighted by molar-refractivity contribution is 5.88. The first-order chi connectivity index (χ1) is 25.5. The summed E-state index contributed by atoms with van der Waals surface area (Å²) >= 11 is 0. The van der Waals surface area contributed by atoms with E-state index in [9.17, 15) is 0 Å². The maximum atomic E-state index is 2.42. The van der Waals surface area contributed by atoms with Gasteiger partial charge < -0.3 is 4.90 Å². The molecule has 0 spiro atoms. The monoisotopic (exact) mass is 665 g/mol. The lowest BCUT2D eigenvalue weighted by Crippen LogP contribution is -2.16. The molecule has 0 radical (unpaired) electrons. The molecule has 0 unspecified atom stereocenters. The van der Waals surface area contributed by atoms with Gasteiger partial charge in [0, 0.05) is 22.5 Å². The van der Waals surface area contributed by atoms with Crippen LogP contribution < -0.4 is 4.90 Å². The predicted octanol–water partition coefficient (Wildman–Crippen LogP) is 14.1. The van der Waals surface area contributed by atoms with Crippen molar-refractivity contribution in [1.29, 1.82) is 0 Å². The van der Waals surface area contributed by atoms with Crippen molar-refractivity contribution in [3.63, 3.8) is 0 Å². The summed E-state index contributed by atoms with van der Waals surface area (Å²) in [5.41, 5.74) is 18.4.